The van der Waals surface area contributed by atoms with Gasteiger partial charge in [0, 0.05) is 32.3 Å². The monoisotopic (exact) mass is 317 g/mol. The molecule has 5 rings (SSSR count). The minimum Gasteiger partial charge on any atom is -0.354 e. The number of hydrogen-bond acceptors (Lipinski definition) is 0. The molecule has 23 heavy (non-hydrogen) atoms. The lowest BCUT2D eigenvalue weighted by Gasteiger charge is -2.22. The van der Waals surface area contributed by atoms with Crippen molar-refractivity contribution in [3.8, 4) is 11.1 Å². The fourth-order valence-electron chi connectivity index (χ4n) is 4.22. The number of nitrogens with one attached hydrogen (secondary N) is 1. The van der Waals surface area contributed by atoms with E-state index in [1.807, 2.05) is 0 Å². The first-order chi connectivity index (χ1) is 11.1. The highest BCUT2D eigenvalue weighted by Gasteiger charge is 2.38. The van der Waals surface area contributed by atoms with Crippen LogP contribution in [-0.4, -0.2) is 4.98 Å². The van der Waals surface area contributed by atoms with Crippen LogP contribution in [0.25, 0.3) is 32.9 Å². The largest absolute Gasteiger partial charge is 0.354 e. The molecule has 0 saturated carbocycles. The van der Waals surface area contributed by atoms with Gasteiger partial charge in [-0.3, -0.25) is 0 Å². The van der Waals surface area contributed by atoms with E-state index in [1.54, 1.807) is 0 Å². The fourth-order valence-corrected chi connectivity index (χ4v) is 4.66. The van der Waals surface area contributed by atoms with Gasteiger partial charge in [0.2, 0.25) is 0 Å². The Morgan fingerprint density at radius 2 is 1.65 bits per heavy atom. The Bertz CT molecular complexity index is 1100. The summed E-state index contributed by atoms with van der Waals surface area (Å²) in [5, 5.41) is 3.30. The Labute approximate surface area is 139 Å². The molecule has 1 aliphatic carbocycles. The van der Waals surface area contributed by atoms with Gasteiger partial charge < -0.3 is 4.98 Å². The van der Waals surface area contributed by atoms with Crippen molar-refractivity contribution < 1.29 is 0 Å². The number of fused-ring (bicyclic) bond motifs is 7. The van der Waals surface area contributed by atoms with E-state index in [0.29, 0.717) is 0 Å². The molecule has 1 N–H and O–H groups in total. The van der Waals surface area contributed by atoms with Crippen LogP contribution in [0.5, 0.6) is 0 Å². The molecule has 0 saturated heterocycles. The minimum atomic E-state index is -0.0749. The van der Waals surface area contributed by atoms with Crippen LogP contribution in [0.15, 0.2) is 54.6 Å². The van der Waals surface area contributed by atoms with Crippen molar-refractivity contribution in [2.45, 2.75) is 19.3 Å². The van der Waals surface area contributed by atoms with E-state index in [-0.39, 0.29) is 5.41 Å². The van der Waals surface area contributed by atoms with Gasteiger partial charge in [0.25, 0.3) is 0 Å². The highest BCUT2D eigenvalue weighted by Crippen LogP contribution is 2.54. The Kier molecular flexibility index (Phi) is 2.40. The van der Waals surface area contributed by atoms with E-state index in [9.17, 15) is 0 Å². The molecule has 0 spiro atoms. The number of hydrogen-bond donors (Lipinski definition) is 1. The molecule has 1 nitrogen and oxygen atoms in total. The van der Waals surface area contributed by atoms with Crippen LogP contribution in [0.3, 0.4) is 0 Å². The van der Waals surface area contributed by atoms with Crippen LogP contribution in [0.1, 0.15) is 25.0 Å². The first kappa shape index (κ1) is 13.2. The number of halogens is 1. The van der Waals surface area contributed by atoms with Crippen LogP contribution in [0.2, 0.25) is 5.02 Å². The molecule has 112 valence electrons. The SMILES string of the molecule is CC1(C)c2ccccc2-c2c1c(Cl)cc1c2[nH]c2ccccc21. The summed E-state index contributed by atoms with van der Waals surface area (Å²) >= 11 is 6.77. The Morgan fingerprint density at radius 3 is 2.52 bits per heavy atom. The summed E-state index contributed by atoms with van der Waals surface area (Å²) in [5.41, 5.74) is 7.44. The first-order valence-corrected chi connectivity index (χ1v) is 8.30. The molecule has 4 aromatic rings. The van der Waals surface area contributed by atoms with Crippen molar-refractivity contribution in [3.05, 3.63) is 70.7 Å². The third kappa shape index (κ3) is 1.53. The van der Waals surface area contributed by atoms with Gasteiger partial charge in [0.1, 0.15) is 0 Å². The number of benzene rings is 3. The molecule has 1 heterocycles. The summed E-state index contributed by atoms with van der Waals surface area (Å²) in [4.78, 5) is 3.63. The topological polar surface area (TPSA) is 15.8 Å². The quantitative estimate of drug-likeness (QED) is 0.393. The summed E-state index contributed by atoms with van der Waals surface area (Å²) in [6.45, 7) is 4.52. The lowest BCUT2D eigenvalue weighted by molar-refractivity contribution is 0.661. The van der Waals surface area contributed by atoms with Crippen LogP contribution in [0.4, 0.5) is 0 Å². The maximum Gasteiger partial charge on any atom is 0.0548 e. The van der Waals surface area contributed by atoms with Crippen LogP contribution < -0.4 is 0 Å². The Hall–Kier alpha value is -2.25. The number of H-pyrrole nitrogens is 1. The molecule has 0 atom stereocenters. The maximum absolute atomic E-state index is 6.77. The number of para-hydroxylation sites is 1. The van der Waals surface area contributed by atoms with Crippen molar-refractivity contribution in [3.63, 3.8) is 0 Å². The molecule has 1 aliphatic rings. The van der Waals surface area contributed by atoms with Crippen molar-refractivity contribution in [2.75, 3.05) is 0 Å². The van der Waals surface area contributed by atoms with E-state index in [0.717, 1.165) is 10.5 Å². The summed E-state index contributed by atoms with van der Waals surface area (Å²) in [6.07, 6.45) is 0. The van der Waals surface area contributed by atoms with Crippen LogP contribution >= 0.6 is 11.6 Å². The zero-order chi connectivity index (χ0) is 15.8. The zero-order valence-electron chi connectivity index (χ0n) is 13.1. The van der Waals surface area contributed by atoms with Gasteiger partial charge in [0.05, 0.1) is 5.52 Å². The Morgan fingerprint density at radius 1 is 0.913 bits per heavy atom. The molecular formula is C21H16ClN. The molecular weight excluding hydrogens is 302 g/mol. The molecule has 2 heteroatoms. The zero-order valence-corrected chi connectivity index (χ0v) is 13.8. The van der Waals surface area contributed by atoms with Crippen molar-refractivity contribution in [1.82, 2.24) is 4.98 Å². The van der Waals surface area contributed by atoms with E-state index < -0.39 is 0 Å². The number of aromatic nitrogens is 1. The predicted molar refractivity (Wildman–Crippen MR) is 98.4 cm³/mol. The molecule has 1 aromatic heterocycles. The minimum absolute atomic E-state index is 0.0749. The fraction of sp³-hybridized carbons (Fsp3) is 0.143. The molecule has 0 aliphatic heterocycles. The van der Waals surface area contributed by atoms with Crippen LogP contribution in [-0.2, 0) is 5.41 Å². The van der Waals surface area contributed by atoms with E-state index in [1.165, 1.54) is 38.5 Å². The smallest absolute Gasteiger partial charge is 0.0548 e. The Balaban J connectivity index is 2.06. The average molecular weight is 318 g/mol. The van der Waals surface area contributed by atoms with Gasteiger partial charge in [-0.05, 0) is 28.8 Å². The lowest BCUT2D eigenvalue weighted by atomic mass is 9.82. The third-order valence-electron chi connectivity index (χ3n) is 5.25. The second kappa shape index (κ2) is 4.18. The van der Waals surface area contributed by atoms with Crippen LogP contribution in [0, 0.1) is 0 Å². The van der Waals surface area contributed by atoms with Crippen molar-refractivity contribution in [2.24, 2.45) is 0 Å². The molecule has 0 fully saturated rings. The summed E-state index contributed by atoms with van der Waals surface area (Å²) < 4.78 is 0. The van der Waals surface area contributed by atoms with Gasteiger partial charge in [-0.25, -0.2) is 0 Å². The maximum atomic E-state index is 6.77. The molecule has 0 bridgehead atoms. The van der Waals surface area contributed by atoms with Crippen molar-refractivity contribution >= 4 is 33.4 Å². The van der Waals surface area contributed by atoms with Gasteiger partial charge in [-0.1, -0.05) is 67.9 Å². The third-order valence-corrected chi connectivity index (χ3v) is 5.55. The van der Waals surface area contributed by atoms with E-state index in [2.05, 4.69) is 73.4 Å². The molecule has 0 radical (unpaired) electrons. The van der Waals surface area contributed by atoms with Gasteiger partial charge in [-0.15, -0.1) is 0 Å². The number of rotatable bonds is 0. The van der Waals surface area contributed by atoms with Gasteiger partial charge in [0.15, 0.2) is 0 Å². The average Bonchev–Trinajstić information content (AvgIpc) is 3.02. The molecule has 3 aromatic carbocycles. The summed E-state index contributed by atoms with van der Waals surface area (Å²) in [7, 11) is 0. The normalized spacial score (nSPS) is 15.1. The molecule has 0 unspecified atom stereocenters. The second-order valence-electron chi connectivity index (χ2n) is 6.87. The van der Waals surface area contributed by atoms with Gasteiger partial charge >= 0.3 is 0 Å². The highest BCUT2D eigenvalue weighted by molar-refractivity contribution is 6.34. The standard InChI is InChI=1S/C21H16ClN/c1-21(2)15-9-5-3-8-13(15)18-19(21)16(22)11-14-12-7-4-6-10-17(12)23-20(14)18/h3-11,23H,1-2H3. The molecule has 0 amide bonds. The van der Waals surface area contributed by atoms with Gasteiger partial charge in [-0.2, -0.15) is 0 Å². The first-order valence-electron chi connectivity index (χ1n) is 7.92. The van der Waals surface area contributed by atoms with Crippen molar-refractivity contribution in [1.29, 1.82) is 0 Å². The second-order valence-corrected chi connectivity index (χ2v) is 7.28. The highest BCUT2D eigenvalue weighted by atomic mass is 35.5. The van der Waals surface area contributed by atoms with E-state index >= 15 is 0 Å². The predicted octanol–water partition coefficient (Wildman–Crippen LogP) is 6.28. The number of aromatic amines is 1. The lowest BCUT2D eigenvalue weighted by Crippen LogP contribution is -2.15. The summed E-state index contributed by atoms with van der Waals surface area (Å²) in [5.74, 6) is 0. The van der Waals surface area contributed by atoms with E-state index in [4.69, 9.17) is 11.6 Å². The summed E-state index contributed by atoms with van der Waals surface area (Å²) in [6, 6.07) is 19.2.